The van der Waals surface area contributed by atoms with Gasteiger partial charge in [0.05, 0.1) is 36.9 Å². The molecule has 3 aromatic rings. The van der Waals surface area contributed by atoms with Crippen LogP contribution in [0.4, 0.5) is 13.2 Å². The van der Waals surface area contributed by atoms with E-state index in [0.29, 0.717) is 48.9 Å². The molecule has 334 valence electrons. The Morgan fingerprint density at radius 3 is 2.42 bits per heavy atom. The summed E-state index contributed by atoms with van der Waals surface area (Å²) < 4.78 is 86.7. The van der Waals surface area contributed by atoms with Crippen LogP contribution < -0.4 is 19.5 Å². The molecule has 7 atom stereocenters. The van der Waals surface area contributed by atoms with Crippen LogP contribution in [-0.2, 0) is 33.9 Å². The molecule has 1 saturated heterocycles. The zero-order valence-electron chi connectivity index (χ0n) is 35.4. The number of halogens is 3. The van der Waals surface area contributed by atoms with Crippen LogP contribution in [0.2, 0.25) is 0 Å². The summed E-state index contributed by atoms with van der Waals surface area (Å²) in [7, 11) is -2.44. The van der Waals surface area contributed by atoms with Gasteiger partial charge in [-0.25, -0.2) is 13.4 Å². The highest BCUT2D eigenvalue weighted by Crippen LogP contribution is 2.46. The first-order valence-electron chi connectivity index (χ1n) is 21.1. The Labute approximate surface area is 359 Å². The molecule has 2 aromatic carbocycles. The topological polar surface area (TPSA) is 170 Å². The van der Waals surface area contributed by atoms with Crippen molar-refractivity contribution in [2.75, 3.05) is 13.7 Å². The second kappa shape index (κ2) is 17.2. The Kier molecular flexibility index (Phi) is 12.4. The van der Waals surface area contributed by atoms with Crippen molar-refractivity contribution in [2.24, 2.45) is 23.7 Å². The number of aromatic nitrogens is 1. The number of amides is 3. The third-order valence-corrected chi connectivity index (χ3v) is 14.4. The molecule has 2 aliphatic carbocycles. The molecule has 3 heterocycles. The largest absolute Gasteiger partial charge is 0.497 e. The fourth-order valence-electron chi connectivity index (χ4n) is 8.54. The maximum Gasteiger partial charge on any atom is 0.427 e. The van der Waals surface area contributed by atoms with E-state index in [1.54, 1.807) is 32.2 Å². The number of carbonyl (C=O) groups excluding carboxylic acids is 4. The zero-order chi connectivity index (χ0) is 44.8. The van der Waals surface area contributed by atoms with Crippen molar-refractivity contribution in [1.29, 1.82) is 0 Å². The van der Waals surface area contributed by atoms with Crippen LogP contribution in [0.15, 0.2) is 66.7 Å². The van der Waals surface area contributed by atoms with Crippen LogP contribution in [-0.4, -0.2) is 90.4 Å². The van der Waals surface area contributed by atoms with Crippen molar-refractivity contribution in [3.05, 3.63) is 66.7 Å². The van der Waals surface area contributed by atoms with Gasteiger partial charge in [-0.3, -0.25) is 23.9 Å². The molecule has 13 nitrogen and oxygen atoms in total. The molecule has 0 radical (unpaired) electrons. The van der Waals surface area contributed by atoms with Gasteiger partial charge in [0.2, 0.25) is 33.3 Å². The molecule has 2 aliphatic heterocycles. The van der Waals surface area contributed by atoms with Crippen LogP contribution >= 0.6 is 0 Å². The lowest BCUT2D eigenvalue weighted by Crippen LogP contribution is -2.57. The second-order valence-electron chi connectivity index (χ2n) is 17.8. The van der Waals surface area contributed by atoms with E-state index in [1.165, 1.54) is 4.90 Å². The summed E-state index contributed by atoms with van der Waals surface area (Å²) in [6.07, 6.45) is -0.311. The van der Waals surface area contributed by atoms with Crippen LogP contribution in [0.25, 0.3) is 22.0 Å². The fraction of sp³-hybridized carbons (Fsp3) is 0.533. The van der Waals surface area contributed by atoms with Crippen molar-refractivity contribution in [2.45, 2.75) is 114 Å². The number of pyridine rings is 1. The normalized spacial score (nSPS) is 27.8. The SMILES string of the molecule is COc1ccc2c(O[C@@H]3C[C@H]4C(=O)N[C@]5(C(=O)NS(=O)(=O)C6CC6)C[C@H]5/C=C\CC[C@@H](C)C[C@@H](C)[C@H](CC(=O)OC(C)(C)C(F)(F)F)C(=O)N4C3)nc(-c3ccccc3)cc2c1. The summed E-state index contributed by atoms with van der Waals surface area (Å²) in [5, 5.41) is 3.48. The lowest BCUT2D eigenvalue weighted by atomic mass is 9.82. The number of alkyl halides is 3. The van der Waals surface area contributed by atoms with Crippen molar-refractivity contribution >= 4 is 44.5 Å². The first-order valence-corrected chi connectivity index (χ1v) is 22.6. The molecule has 2 saturated carbocycles. The minimum Gasteiger partial charge on any atom is -0.497 e. The molecule has 0 spiro atoms. The zero-order valence-corrected chi connectivity index (χ0v) is 36.2. The van der Waals surface area contributed by atoms with Crippen LogP contribution in [0.1, 0.15) is 79.1 Å². The van der Waals surface area contributed by atoms with Gasteiger partial charge in [-0.05, 0) is 93.9 Å². The third-order valence-electron chi connectivity index (χ3n) is 12.6. The van der Waals surface area contributed by atoms with Gasteiger partial charge in [-0.15, -0.1) is 0 Å². The summed E-state index contributed by atoms with van der Waals surface area (Å²) in [4.78, 5) is 63.0. The molecular formula is C45H53F3N4O9S. The Balaban J connectivity index is 1.26. The van der Waals surface area contributed by atoms with E-state index in [2.05, 4.69) is 10.0 Å². The number of benzene rings is 2. The number of sulfonamides is 1. The van der Waals surface area contributed by atoms with Crippen LogP contribution in [0, 0.1) is 23.7 Å². The summed E-state index contributed by atoms with van der Waals surface area (Å²) in [6, 6.07) is 15.3. The van der Waals surface area contributed by atoms with E-state index in [1.807, 2.05) is 55.5 Å². The quantitative estimate of drug-likeness (QED) is 0.166. The van der Waals surface area contributed by atoms with Crippen molar-refractivity contribution in [1.82, 2.24) is 19.9 Å². The van der Waals surface area contributed by atoms with Gasteiger partial charge >= 0.3 is 12.1 Å². The Morgan fingerprint density at radius 1 is 1.02 bits per heavy atom. The average molecular weight is 883 g/mol. The number of hydrogen-bond acceptors (Lipinski definition) is 10. The van der Waals surface area contributed by atoms with Gasteiger partial charge in [0.15, 0.2) is 0 Å². The molecule has 17 heteroatoms. The number of carbonyl (C=O) groups is 4. The monoisotopic (exact) mass is 882 g/mol. The molecular weight excluding hydrogens is 830 g/mol. The molecule has 1 aromatic heterocycles. The van der Waals surface area contributed by atoms with E-state index in [9.17, 15) is 40.8 Å². The van der Waals surface area contributed by atoms with Gasteiger partial charge in [0.25, 0.3) is 5.91 Å². The number of hydrogen-bond donors (Lipinski definition) is 2. The van der Waals surface area contributed by atoms with E-state index < -0.39 is 92.6 Å². The van der Waals surface area contributed by atoms with Crippen LogP contribution in [0.5, 0.6) is 11.6 Å². The minimum atomic E-state index is -4.88. The lowest BCUT2D eigenvalue weighted by molar-refractivity contribution is -0.257. The van der Waals surface area contributed by atoms with Gasteiger partial charge < -0.3 is 24.4 Å². The molecule has 3 fully saturated rings. The Hall–Kier alpha value is -5.19. The van der Waals surface area contributed by atoms with Crippen LogP contribution in [0.3, 0.4) is 0 Å². The standard InChI is InChI=1S/C45H53F3N4O9S/c1-26-11-9-10-14-30-24-44(30,42(56)51-62(57,58)33-16-17-33)50-39(54)37-22-32(25-52(37)41(55)35(27(2)19-26)23-38(53)61-43(3,4)45(46,47)48)60-40-34-18-15-31(59-5)20-29(34)21-36(49-40)28-12-7-6-8-13-28/h6-8,10,12-15,18,20-21,26-27,30,32-33,35,37H,9,11,16-17,19,22-25H2,1-5H3,(H,50,54)(H,51,56)/b14-10-/t26-,27-,30-,32-,35+,37+,44-/m1/s1. The molecule has 0 bridgehead atoms. The molecule has 62 heavy (non-hydrogen) atoms. The predicted octanol–water partition coefficient (Wildman–Crippen LogP) is 6.64. The van der Waals surface area contributed by atoms with Gasteiger partial charge in [-0.2, -0.15) is 13.2 Å². The summed E-state index contributed by atoms with van der Waals surface area (Å²) in [5.74, 6) is -5.03. The smallest absolute Gasteiger partial charge is 0.427 e. The third kappa shape index (κ3) is 9.57. The molecule has 2 N–H and O–H groups in total. The second-order valence-corrected chi connectivity index (χ2v) is 19.8. The van der Waals surface area contributed by atoms with E-state index in [-0.39, 0.29) is 31.2 Å². The maximum atomic E-state index is 15.0. The number of nitrogens with zero attached hydrogens (tertiary/aromatic N) is 2. The number of methoxy groups -OCH3 is 1. The summed E-state index contributed by atoms with van der Waals surface area (Å²) >= 11 is 0. The van der Waals surface area contributed by atoms with Crippen molar-refractivity contribution in [3.63, 3.8) is 0 Å². The Bertz CT molecular complexity index is 2350. The fourth-order valence-corrected chi connectivity index (χ4v) is 9.91. The van der Waals surface area contributed by atoms with E-state index >= 15 is 0 Å². The highest BCUT2D eigenvalue weighted by atomic mass is 32.2. The number of ether oxygens (including phenoxy) is 3. The summed E-state index contributed by atoms with van der Waals surface area (Å²) in [5.41, 5.74) is -3.09. The first-order chi connectivity index (χ1) is 29.2. The average Bonchev–Trinajstić information content (AvgIpc) is 4.14. The van der Waals surface area contributed by atoms with Gasteiger partial charge in [0, 0.05) is 23.3 Å². The minimum absolute atomic E-state index is 0.00579. The van der Waals surface area contributed by atoms with E-state index in [0.717, 1.165) is 24.8 Å². The van der Waals surface area contributed by atoms with Gasteiger partial charge in [-0.1, -0.05) is 56.3 Å². The molecule has 3 amide bonds. The number of allylic oxidation sites excluding steroid dienone is 1. The lowest BCUT2D eigenvalue weighted by Gasteiger charge is -2.33. The highest BCUT2D eigenvalue weighted by Gasteiger charge is 2.62. The Morgan fingerprint density at radius 2 is 1.74 bits per heavy atom. The number of esters is 1. The number of fused-ring (bicyclic) bond motifs is 3. The number of rotatable bonds is 10. The molecule has 4 aliphatic rings. The molecule has 0 unspecified atom stereocenters. The summed E-state index contributed by atoms with van der Waals surface area (Å²) in [6.45, 7) is 5.00. The first kappa shape index (κ1) is 44.9. The molecule has 7 rings (SSSR count). The predicted molar refractivity (Wildman–Crippen MR) is 223 cm³/mol. The maximum absolute atomic E-state index is 15.0. The van der Waals surface area contributed by atoms with Crippen molar-refractivity contribution < 1.29 is 55.0 Å². The van der Waals surface area contributed by atoms with Crippen molar-refractivity contribution in [3.8, 4) is 22.9 Å². The highest BCUT2D eigenvalue weighted by molar-refractivity contribution is 7.91. The van der Waals surface area contributed by atoms with Gasteiger partial charge in [0.1, 0.15) is 23.4 Å². The van der Waals surface area contributed by atoms with E-state index in [4.69, 9.17) is 19.2 Å². The number of nitrogens with one attached hydrogen (secondary N) is 2.